The van der Waals surface area contributed by atoms with Gasteiger partial charge in [-0.3, -0.25) is 0 Å². The average molecular weight is 330 g/mol. The Morgan fingerprint density at radius 1 is 1.39 bits per heavy atom. The lowest BCUT2D eigenvalue weighted by atomic mass is 9.68. The summed E-state index contributed by atoms with van der Waals surface area (Å²) in [6.45, 7) is 7.99. The van der Waals surface area contributed by atoms with Crippen LogP contribution in [-0.2, 0) is 0 Å². The van der Waals surface area contributed by atoms with Crippen molar-refractivity contribution in [2.24, 2.45) is 5.41 Å². The van der Waals surface area contributed by atoms with Gasteiger partial charge in [0.05, 0.1) is 3.79 Å². The minimum absolute atomic E-state index is 0.430. The van der Waals surface area contributed by atoms with E-state index >= 15 is 0 Å². The number of hydrogen-bond donors (Lipinski definition) is 1. The second-order valence-electron chi connectivity index (χ2n) is 5.77. The monoisotopic (exact) mass is 329 g/mol. The molecule has 18 heavy (non-hydrogen) atoms. The van der Waals surface area contributed by atoms with Crippen LogP contribution in [0.3, 0.4) is 0 Å². The molecule has 2 rings (SSSR count). The highest BCUT2D eigenvalue weighted by molar-refractivity contribution is 9.11. The minimum atomic E-state index is 0.430. The van der Waals surface area contributed by atoms with Crippen LogP contribution in [0.25, 0.3) is 0 Å². The highest BCUT2D eigenvalue weighted by Crippen LogP contribution is 2.47. The molecule has 1 N–H and O–H groups in total. The molecule has 3 heteroatoms. The summed E-state index contributed by atoms with van der Waals surface area (Å²) in [6, 6.07) is 2.85. The van der Waals surface area contributed by atoms with Crippen molar-refractivity contribution in [3.05, 3.63) is 20.3 Å². The zero-order chi connectivity index (χ0) is 13.2. The van der Waals surface area contributed by atoms with Crippen LogP contribution < -0.4 is 5.32 Å². The molecule has 1 saturated carbocycles. The molecule has 0 bridgehead atoms. The quantitative estimate of drug-likeness (QED) is 0.775. The van der Waals surface area contributed by atoms with E-state index < -0.39 is 0 Å². The first-order valence-corrected chi connectivity index (χ1v) is 8.67. The molecule has 1 heterocycles. The van der Waals surface area contributed by atoms with Gasteiger partial charge in [0.2, 0.25) is 0 Å². The molecule has 0 aromatic carbocycles. The van der Waals surface area contributed by atoms with E-state index in [1.54, 1.807) is 0 Å². The maximum atomic E-state index is 3.75. The lowest BCUT2D eigenvalue weighted by molar-refractivity contribution is 0.146. The second-order valence-corrected chi connectivity index (χ2v) is 8.40. The SMILES string of the molecule is CCNC(c1cc(Br)sc1C)C1(C)CCCCC1. The Kier molecular flexibility index (Phi) is 4.90. The van der Waals surface area contributed by atoms with Crippen LogP contribution in [0.5, 0.6) is 0 Å². The molecule has 0 radical (unpaired) electrons. The molecular formula is C15H24BrNS. The zero-order valence-corrected chi connectivity index (χ0v) is 14.1. The standard InChI is InChI=1S/C15H24BrNS/c1-4-17-14(12-10-13(16)18-11(12)2)15(3)8-6-5-7-9-15/h10,14,17H,4-9H2,1-3H3. The normalized spacial score (nSPS) is 20.9. The molecule has 1 fully saturated rings. The van der Waals surface area contributed by atoms with Crippen molar-refractivity contribution in [1.82, 2.24) is 5.32 Å². The summed E-state index contributed by atoms with van der Waals surface area (Å²) < 4.78 is 1.26. The Morgan fingerprint density at radius 2 is 2.06 bits per heavy atom. The topological polar surface area (TPSA) is 12.0 Å². The third-order valence-electron chi connectivity index (χ3n) is 4.34. The van der Waals surface area contributed by atoms with E-state index in [-0.39, 0.29) is 0 Å². The van der Waals surface area contributed by atoms with E-state index in [9.17, 15) is 0 Å². The first kappa shape index (κ1) is 14.5. The molecule has 1 unspecified atom stereocenters. The Bertz CT molecular complexity index is 393. The van der Waals surface area contributed by atoms with Gasteiger partial charge in [-0.15, -0.1) is 11.3 Å². The van der Waals surface area contributed by atoms with Crippen molar-refractivity contribution in [2.75, 3.05) is 6.54 Å². The first-order valence-electron chi connectivity index (χ1n) is 7.06. The van der Waals surface area contributed by atoms with E-state index in [1.807, 2.05) is 11.3 Å². The zero-order valence-electron chi connectivity index (χ0n) is 11.7. The number of rotatable bonds is 4. The lowest BCUT2D eigenvalue weighted by Gasteiger charge is -2.41. The fourth-order valence-electron chi connectivity index (χ4n) is 3.33. The minimum Gasteiger partial charge on any atom is -0.310 e. The van der Waals surface area contributed by atoms with E-state index in [0.717, 1.165) is 6.54 Å². The number of thiophene rings is 1. The number of halogens is 1. The summed E-state index contributed by atoms with van der Waals surface area (Å²) in [4.78, 5) is 1.46. The number of aryl methyl sites for hydroxylation is 1. The highest BCUT2D eigenvalue weighted by atomic mass is 79.9. The second kappa shape index (κ2) is 6.06. The third-order valence-corrected chi connectivity index (χ3v) is 5.91. The molecule has 1 nitrogen and oxygen atoms in total. The Morgan fingerprint density at radius 3 is 2.56 bits per heavy atom. The predicted octanol–water partition coefficient (Wildman–Crippen LogP) is 5.44. The molecule has 0 spiro atoms. The van der Waals surface area contributed by atoms with Crippen LogP contribution in [0.15, 0.2) is 9.85 Å². The summed E-state index contributed by atoms with van der Waals surface area (Å²) in [5, 5.41) is 3.75. The van der Waals surface area contributed by atoms with Crippen molar-refractivity contribution in [3.8, 4) is 0 Å². The summed E-state index contributed by atoms with van der Waals surface area (Å²) in [7, 11) is 0. The van der Waals surface area contributed by atoms with Gasteiger partial charge in [0.15, 0.2) is 0 Å². The molecule has 1 aliphatic carbocycles. The van der Waals surface area contributed by atoms with Gasteiger partial charge in [0.1, 0.15) is 0 Å². The molecule has 1 aromatic rings. The summed E-state index contributed by atoms with van der Waals surface area (Å²) >= 11 is 5.50. The van der Waals surface area contributed by atoms with Gasteiger partial charge in [-0.2, -0.15) is 0 Å². The summed E-state index contributed by atoms with van der Waals surface area (Å²) in [5.41, 5.74) is 1.94. The molecule has 1 aromatic heterocycles. The van der Waals surface area contributed by atoms with Crippen molar-refractivity contribution < 1.29 is 0 Å². The number of hydrogen-bond acceptors (Lipinski definition) is 2. The fraction of sp³-hybridized carbons (Fsp3) is 0.733. The molecule has 1 atom stereocenters. The van der Waals surface area contributed by atoms with Gasteiger partial charge in [0, 0.05) is 10.9 Å². The van der Waals surface area contributed by atoms with E-state index in [0.29, 0.717) is 11.5 Å². The van der Waals surface area contributed by atoms with Gasteiger partial charge < -0.3 is 5.32 Å². The van der Waals surface area contributed by atoms with Crippen LogP contribution in [0.2, 0.25) is 0 Å². The predicted molar refractivity (Wildman–Crippen MR) is 84.4 cm³/mol. The number of nitrogens with one attached hydrogen (secondary N) is 1. The van der Waals surface area contributed by atoms with E-state index in [2.05, 4.69) is 48.1 Å². The van der Waals surface area contributed by atoms with Gasteiger partial charge in [-0.25, -0.2) is 0 Å². The van der Waals surface area contributed by atoms with E-state index in [1.165, 1.54) is 46.3 Å². The maximum absolute atomic E-state index is 3.75. The molecule has 102 valence electrons. The molecule has 0 amide bonds. The van der Waals surface area contributed by atoms with Gasteiger partial charge in [-0.05, 0) is 59.3 Å². The van der Waals surface area contributed by atoms with Gasteiger partial charge in [0.25, 0.3) is 0 Å². The molecule has 0 saturated heterocycles. The van der Waals surface area contributed by atoms with Gasteiger partial charge in [-0.1, -0.05) is 33.1 Å². The summed E-state index contributed by atoms with van der Waals surface area (Å²) in [5.74, 6) is 0. The van der Waals surface area contributed by atoms with Crippen molar-refractivity contribution in [1.29, 1.82) is 0 Å². The molecule has 0 aliphatic heterocycles. The lowest BCUT2D eigenvalue weighted by Crippen LogP contribution is -2.37. The smallest absolute Gasteiger partial charge is 0.0704 e. The summed E-state index contributed by atoms with van der Waals surface area (Å²) in [6.07, 6.45) is 6.92. The van der Waals surface area contributed by atoms with Gasteiger partial charge >= 0.3 is 0 Å². The van der Waals surface area contributed by atoms with Crippen LogP contribution >= 0.6 is 27.3 Å². The largest absolute Gasteiger partial charge is 0.310 e. The Hall–Kier alpha value is 0.140. The average Bonchev–Trinajstić information content (AvgIpc) is 2.66. The Labute approximate surface area is 123 Å². The molecular weight excluding hydrogens is 306 g/mol. The van der Waals surface area contributed by atoms with Crippen LogP contribution in [-0.4, -0.2) is 6.54 Å². The van der Waals surface area contributed by atoms with Crippen molar-refractivity contribution >= 4 is 27.3 Å². The van der Waals surface area contributed by atoms with Crippen LogP contribution in [0.1, 0.15) is 62.4 Å². The Balaban J connectivity index is 2.29. The highest BCUT2D eigenvalue weighted by Gasteiger charge is 2.37. The first-order chi connectivity index (χ1) is 8.57. The third kappa shape index (κ3) is 3.00. The van der Waals surface area contributed by atoms with Crippen LogP contribution in [0, 0.1) is 12.3 Å². The van der Waals surface area contributed by atoms with E-state index in [4.69, 9.17) is 0 Å². The fourth-order valence-corrected chi connectivity index (χ4v) is 5.08. The van der Waals surface area contributed by atoms with Crippen molar-refractivity contribution in [3.63, 3.8) is 0 Å². The van der Waals surface area contributed by atoms with Crippen LogP contribution in [0.4, 0.5) is 0 Å². The molecule has 1 aliphatic rings. The van der Waals surface area contributed by atoms with Crippen molar-refractivity contribution in [2.45, 2.75) is 58.9 Å². The maximum Gasteiger partial charge on any atom is 0.0704 e.